The lowest BCUT2D eigenvalue weighted by Gasteiger charge is -2.13. The Morgan fingerprint density at radius 1 is 1.24 bits per heavy atom. The summed E-state index contributed by atoms with van der Waals surface area (Å²) in [6.45, 7) is 2.89. The molecule has 0 radical (unpaired) electrons. The zero-order chi connectivity index (χ0) is 17.6. The minimum atomic E-state index is -0.332. The van der Waals surface area contributed by atoms with Crippen molar-refractivity contribution in [2.75, 3.05) is 13.2 Å². The summed E-state index contributed by atoms with van der Waals surface area (Å²) in [6, 6.07) is 14.2. The van der Waals surface area contributed by atoms with Gasteiger partial charge in [0.25, 0.3) is 0 Å². The summed E-state index contributed by atoms with van der Waals surface area (Å²) in [5, 5.41) is 5.11. The molecule has 1 aliphatic rings. The number of esters is 1. The first kappa shape index (κ1) is 17.2. The molecule has 0 aromatic heterocycles. The maximum Gasteiger partial charge on any atom is 0.331 e. The number of carbonyl (C=O) groups is 2. The van der Waals surface area contributed by atoms with Gasteiger partial charge in [0, 0.05) is 18.5 Å². The zero-order valence-electron chi connectivity index (χ0n) is 14.5. The van der Waals surface area contributed by atoms with Crippen LogP contribution in [0.4, 0.5) is 0 Å². The van der Waals surface area contributed by atoms with Crippen molar-refractivity contribution in [1.29, 1.82) is 0 Å². The lowest BCUT2D eigenvalue weighted by molar-refractivity contribution is -0.137. The third-order valence-electron chi connectivity index (χ3n) is 4.64. The number of rotatable bonds is 6. The maximum atomic E-state index is 12.0. The number of allylic oxidation sites excluding steroid dienone is 1. The van der Waals surface area contributed by atoms with Crippen LogP contribution in [-0.2, 0) is 14.3 Å². The van der Waals surface area contributed by atoms with E-state index < -0.39 is 0 Å². The minimum Gasteiger partial charge on any atom is -0.463 e. The van der Waals surface area contributed by atoms with E-state index in [2.05, 4.69) is 23.5 Å². The van der Waals surface area contributed by atoms with Gasteiger partial charge in [0.1, 0.15) is 0 Å². The van der Waals surface area contributed by atoms with Crippen LogP contribution in [0.2, 0.25) is 0 Å². The third-order valence-corrected chi connectivity index (χ3v) is 4.64. The van der Waals surface area contributed by atoms with Gasteiger partial charge >= 0.3 is 5.97 Å². The van der Waals surface area contributed by atoms with Crippen molar-refractivity contribution in [3.8, 4) is 0 Å². The summed E-state index contributed by atoms with van der Waals surface area (Å²) >= 11 is 0. The lowest BCUT2D eigenvalue weighted by Crippen LogP contribution is -2.19. The Morgan fingerprint density at radius 3 is 2.80 bits per heavy atom. The Balaban J connectivity index is 1.92. The third kappa shape index (κ3) is 4.08. The smallest absolute Gasteiger partial charge is 0.331 e. The number of amides is 1. The fourth-order valence-corrected chi connectivity index (χ4v) is 3.37. The lowest BCUT2D eigenvalue weighted by atomic mass is 9.91. The Bertz CT molecular complexity index is 804. The molecular weight excluding hydrogens is 314 g/mol. The monoisotopic (exact) mass is 337 g/mol. The second kappa shape index (κ2) is 7.97. The van der Waals surface area contributed by atoms with Gasteiger partial charge in [-0.05, 0) is 48.1 Å². The van der Waals surface area contributed by atoms with Crippen molar-refractivity contribution in [3.63, 3.8) is 0 Å². The molecule has 1 saturated heterocycles. The van der Waals surface area contributed by atoms with E-state index in [1.54, 1.807) is 13.0 Å². The van der Waals surface area contributed by atoms with E-state index >= 15 is 0 Å². The maximum absolute atomic E-state index is 12.0. The van der Waals surface area contributed by atoms with Gasteiger partial charge in [0.05, 0.1) is 6.61 Å². The van der Waals surface area contributed by atoms with Crippen LogP contribution in [0.5, 0.6) is 0 Å². The number of nitrogens with one attached hydrogen (secondary N) is 1. The summed E-state index contributed by atoms with van der Waals surface area (Å²) in [6.07, 6.45) is 3.85. The molecule has 0 aliphatic carbocycles. The average Bonchev–Trinajstić information content (AvgIpc) is 3.03. The molecule has 4 nitrogen and oxygen atoms in total. The first-order valence-electron chi connectivity index (χ1n) is 8.82. The van der Waals surface area contributed by atoms with Crippen LogP contribution < -0.4 is 5.32 Å². The van der Waals surface area contributed by atoms with Crippen LogP contribution in [0, 0.1) is 5.92 Å². The van der Waals surface area contributed by atoms with Gasteiger partial charge in [-0.15, -0.1) is 0 Å². The van der Waals surface area contributed by atoms with E-state index in [4.69, 9.17) is 4.74 Å². The summed E-state index contributed by atoms with van der Waals surface area (Å²) in [5.41, 5.74) is 1.96. The predicted molar refractivity (Wildman–Crippen MR) is 98.9 cm³/mol. The molecule has 1 heterocycles. The SMILES string of the molecule is CCOC(=O)C=C(CC[C@H]1CCNC1=O)c1cccc2ccccc12. The molecule has 2 aromatic rings. The standard InChI is InChI=1S/C21H23NO3/c1-2-25-20(23)14-17(11-10-16-12-13-22-21(16)24)19-9-5-7-15-6-3-4-8-18(15)19/h3-9,14,16H,2,10-13H2,1H3,(H,22,24)/t16-/m0/s1. The van der Waals surface area contributed by atoms with Gasteiger partial charge in [-0.3, -0.25) is 4.79 Å². The van der Waals surface area contributed by atoms with E-state index in [-0.39, 0.29) is 17.8 Å². The van der Waals surface area contributed by atoms with Gasteiger partial charge in [-0.2, -0.15) is 0 Å². The van der Waals surface area contributed by atoms with Gasteiger partial charge in [-0.1, -0.05) is 42.5 Å². The number of fused-ring (bicyclic) bond motifs is 1. The second-order valence-electron chi connectivity index (χ2n) is 6.26. The van der Waals surface area contributed by atoms with E-state index in [0.717, 1.165) is 41.3 Å². The number of hydrogen-bond donors (Lipinski definition) is 1. The fourth-order valence-electron chi connectivity index (χ4n) is 3.37. The van der Waals surface area contributed by atoms with Crippen LogP contribution >= 0.6 is 0 Å². The number of hydrogen-bond acceptors (Lipinski definition) is 3. The van der Waals surface area contributed by atoms with Gasteiger partial charge in [0.2, 0.25) is 5.91 Å². The Labute approximate surface area is 147 Å². The highest BCUT2D eigenvalue weighted by Crippen LogP contribution is 2.30. The van der Waals surface area contributed by atoms with E-state index in [0.29, 0.717) is 13.0 Å². The summed E-state index contributed by atoms with van der Waals surface area (Å²) in [4.78, 5) is 23.9. The molecule has 1 N–H and O–H groups in total. The largest absolute Gasteiger partial charge is 0.463 e. The zero-order valence-corrected chi connectivity index (χ0v) is 14.5. The van der Waals surface area contributed by atoms with Gasteiger partial charge < -0.3 is 10.1 Å². The molecule has 0 saturated carbocycles. The molecule has 130 valence electrons. The van der Waals surface area contributed by atoms with Crippen molar-refractivity contribution < 1.29 is 14.3 Å². The van der Waals surface area contributed by atoms with Gasteiger partial charge in [-0.25, -0.2) is 4.79 Å². The number of ether oxygens (including phenoxy) is 1. The second-order valence-corrected chi connectivity index (χ2v) is 6.26. The predicted octanol–water partition coefficient (Wildman–Crippen LogP) is 3.70. The first-order valence-corrected chi connectivity index (χ1v) is 8.82. The molecule has 1 amide bonds. The molecular formula is C21H23NO3. The molecule has 4 heteroatoms. The van der Waals surface area contributed by atoms with Gasteiger partial charge in [0.15, 0.2) is 0 Å². The highest BCUT2D eigenvalue weighted by molar-refractivity contribution is 5.99. The number of benzene rings is 2. The number of carbonyl (C=O) groups excluding carboxylic acids is 2. The van der Waals surface area contributed by atoms with Crippen LogP contribution in [0.15, 0.2) is 48.5 Å². The first-order chi connectivity index (χ1) is 12.2. The Morgan fingerprint density at radius 2 is 2.04 bits per heavy atom. The molecule has 0 bridgehead atoms. The average molecular weight is 337 g/mol. The highest BCUT2D eigenvalue weighted by Gasteiger charge is 2.24. The molecule has 3 rings (SSSR count). The van der Waals surface area contributed by atoms with Crippen LogP contribution in [-0.4, -0.2) is 25.0 Å². The van der Waals surface area contributed by atoms with Crippen LogP contribution in [0.25, 0.3) is 16.3 Å². The summed E-state index contributed by atoms with van der Waals surface area (Å²) < 4.78 is 5.10. The Hall–Kier alpha value is -2.62. The molecule has 2 aromatic carbocycles. The highest BCUT2D eigenvalue weighted by atomic mass is 16.5. The summed E-state index contributed by atoms with van der Waals surface area (Å²) in [5.74, 6) is -0.185. The van der Waals surface area contributed by atoms with E-state index in [1.165, 1.54) is 0 Å². The molecule has 1 atom stereocenters. The fraction of sp³-hybridized carbons (Fsp3) is 0.333. The van der Waals surface area contributed by atoms with Crippen molar-refractivity contribution >= 4 is 28.2 Å². The van der Waals surface area contributed by atoms with Crippen molar-refractivity contribution in [2.24, 2.45) is 5.92 Å². The van der Waals surface area contributed by atoms with Crippen molar-refractivity contribution in [3.05, 3.63) is 54.1 Å². The Kier molecular flexibility index (Phi) is 5.49. The van der Waals surface area contributed by atoms with Crippen molar-refractivity contribution in [2.45, 2.75) is 26.2 Å². The quantitative estimate of drug-likeness (QED) is 0.646. The minimum absolute atomic E-state index is 0.0283. The van der Waals surface area contributed by atoms with E-state index in [9.17, 15) is 9.59 Å². The summed E-state index contributed by atoms with van der Waals surface area (Å²) in [7, 11) is 0. The van der Waals surface area contributed by atoms with E-state index in [1.807, 2.05) is 24.3 Å². The van der Waals surface area contributed by atoms with Crippen molar-refractivity contribution in [1.82, 2.24) is 5.32 Å². The molecule has 25 heavy (non-hydrogen) atoms. The van der Waals surface area contributed by atoms with Crippen LogP contribution in [0.1, 0.15) is 31.7 Å². The molecule has 1 aliphatic heterocycles. The van der Waals surface area contributed by atoms with Crippen LogP contribution in [0.3, 0.4) is 0 Å². The molecule has 0 spiro atoms. The topological polar surface area (TPSA) is 55.4 Å². The molecule has 0 unspecified atom stereocenters. The normalized spacial score (nSPS) is 17.6. The molecule has 1 fully saturated rings.